The third-order valence-electron chi connectivity index (χ3n) is 3.61. The first kappa shape index (κ1) is 23.8. The summed E-state index contributed by atoms with van der Waals surface area (Å²) in [4.78, 5) is 6.35. The van der Waals surface area contributed by atoms with Gasteiger partial charge in [0, 0.05) is 44.5 Å². The molecule has 1 aromatic heterocycles. The Balaban J connectivity index is 0.00000392. The molecule has 0 spiro atoms. The molecule has 2 aromatic rings. The predicted molar refractivity (Wildman–Crippen MR) is 114 cm³/mol. The van der Waals surface area contributed by atoms with Gasteiger partial charge in [0.15, 0.2) is 5.96 Å². The van der Waals surface area contributed by atoms with Crippen molar-refractivity contribution < 1.29 is 13.2 Å². The number of benzene rings is 1. The molecule has 5 nitrogen and oxygen atoms in total. The minimum Gasteiger partial charge on any atom is -0.356 e. The van der Waals surface area contributed by atoms with Gasteiger partial charge in [-0.15, -0.1) is 24.0 Å². The standard InChI is InChI=1S/C19H22F3N5.HI/c1-4-23-18(26(2)13-16-12-25-27(3)14-16)24-10-6-8-15-7-5-9-17(11-15)19(20,21)22;/h5,7,9,11-12,14H,4,10,13H2,1-3H3,(H,23,24);1H. The van der Waals surface area contributed by atoms with Crippen LogP contribution in [-0.2, 0) is 19.8 Å². The number of hydrogen-bond acceptors (Lipinski definition) is 2. The molecule has 1 N–H and O–H groups in total. The second-order valence-corrected chi connectivity index (χ2v) is 5.93. The highest BCUT2D eigenvalue weighted by atomic mass is 127. The van der Waals surface area contributed by atoms with Crippen molar-refractivity contribution in [2.45, 2.75) is 19.6 Å². The van der Waals surface area contributed by atoms with Crippen LogP contribution in [0.2, 0.25) is 0 Å². The fourth-order valence-electron chi connectivity index (χ4n) is 2.40. The quantitative estimate of drug-likeness (QED) is 0.300. The Labute approximate surface area is 180 Å². The Morgan fingerprint density at radius 1 is 1.36 bits per heavy atom. The highest BCUT2D eigenvalue weighted by Crippen LogP contribution is 2.29. The maximum Gasteiger partial charge on any atom is 0.416 e. The van der Waals surface area contributed by atoms with Gasteiger partial charge in [-0.2, -0.15) is 18.3 Å². The third-order valence-corrected chi connectivity index (χ3v) is 3.61. The van der Waals surface area contributed by atoms with E-state index in [4.69, 9.17) is 0 Å². The zero-order valence-corrected chi connectivity index (χ0v) is 18.2. The third kappa shape index (κ3) is 7.42. The normalized spacial score (nSPS) is 11.3. The Kier molecular flexibility index (Phi) is 9.31. The number of aliphatic imine (C=N–C) groups is 1. The van der Waals surface area contributed by atoms with Crippen molar-refractivity contribution in [2.24, 2.45) is 12.0 Å². The number of aromatic nitrogens is 2. The lowest BCUT2D eigenvalue weighted by Gasteiger charge is -2.21. The van der Waals surface area contributed by atoms with Gasteiger partial charge < -0.3 is 10.2 Å². The number of alkyl halides is 3. The second kappa shape index (κ2) is 10.9. The molecular weight excluding hydrogens is 482 g/mol. The van der Waals surface area contributed by atoms with Gasteiger partial charge in [-0.25, -0.2) is 4.99 Å². The van der Waals surface area contributed by atoms with E-state index >= 15 is 0 Å². The van der Waals surface area contributed by atoms with Crippen molar-refractivity contribution in [1.82, 2.24) is 20.0 Å². The molecule has 0 aliphatic heterocycles. The summed E-state index contributed by atoms with van der Waals surface area (Å²) < 4.78 is 39.9. The van der Waals surface area contributed by atoms with Crippen LogP contribution in [0.5, 0.6) is 0 Å². The molecule has 0 fully saturated rings. The van der Waals surface area contributed by atoms with Crippen LogP contribution in [0, 0.1) is 11.8 Å². The highest BCUT2D eigenvalue weighted by Gasteiger charge is 2.30. The van der Waals surface area contributed by atoms with Crippen molar-refractivity contribution in [3.8, 4) is 11.8 Å². The number of guanidine groups is 1. The molecular formula is C19H23F3IN5. The molecule has 0 amide bonds. The first-order valence-electron chi connectivity index (χ1n) is 8.42. The zero-order chi connectivity index (χ0) is 19.9. The van der Waals surface area contributed by atoms with Gasteiger partial charge in [-0.05, 0) is 25.1 Å². The van der Waals surface area contributed by atoms with Crippen LogP contribution in [0.15, 0.2) is 41.7 Å². The maximum absolute atomic E-state index is 12.7. The lowest BCUT2D eigenvalue weighted by Crippen LogP contribution is -2.38. The molecule has 0 unspecified atom stereocenters. The van der Waals surface area contributed by atoms with Crippen LogP contribution in [0.4, 0.5) is 13.2 Å². The molecule has 28 heavy (non-hydrogen) atoms. The van der Waals surface area contributed by atoms with Gasteiger partial charge in [0.25, 0.3) is 0 Å². The SMILES string of the molecule is CCNC(=NCC#Cc1cccc(C(F)(F)F)c1)N(C)Cc1cnn(C)c1.I. The summed E-state index contributed by atoms with van der Waals surface area (Å²) in [6, 6.07) is 4.96. The molecule has 0 radical (unpaired) electrons. The molecule has 1 heterocycles. The number of rotatable bonds is 4. The van der Waals surface area contributed by atoms with Crippen LogP contribution >= 0.6 is 24.0 Å². The van der Waals surface area contributed by atoms with Crippen LogP contribution in [0.25, 0.3) is 0 Å². The molecule has 0 aliphatic carbocycles. The Hall–Kier alpha value is -2.22. The van der Waals surface area contributed by atoms with E-state index in [-0.39, 0.29) is 30.5 Å². The van der Waals surface area contributed by atoms with Crippen molar-refractivity contribution in [3.05, 3.63) is 53.3 Å². The molecule has 0 bridgehead atoms. The van der Waals surface area contributed by atoms with E-state index in [0.717, 1.165) is 17.7 Å². The van der Waals surface area contributed by atoms with Crippen molar-refractivity contribution in [1.29, 1.82) is 0 Å². The van der Waals surface area contributed by atoms with Crippen molar-refractivity contribution in [2.75, 3.05) is 20.1 Å². The Bertz CT molecular complexity index is 849. The summed E-state index contributed by atoms with van der Waals surface area (Å²) in [6.45, 7) is 3.45. The van der Waals surface area contributed by atoms with Gasteiger partial charge in [-0.3, -0.25) is 4.68 Å². The molecule has 9 heteroatoms. The highest BCUT2D eigenvalue weighted by molar-refractivity contribution is 14.0. The van der Waals surface area contributed by atoms with Crippen LogP contribution < -0.4 is 5.32 Å². The van der Waals surface area contributed by atoms with Gasteiger partial charge >= 0.3 is 6.18 Å². The topological polar surface area (TPSA) is 45.5 Å². The largest absolute Gasteiger partial charge is 0.416 e. The first-order valence-corrected chi connectivity index (χ1v) is 8.42. The minimum atomic E-state index is -4.37. The smallest absolute Gasteiger partial charge is 0.356 e. The number of aryl methyl sites for hydroxylation is 1. The van der Waals surface area contributed by atoms with Crippen LogP contribution in [-0.4, -0.2) is 40.8 Å². The predicted octanol–water partition coefficient (Wildman–Crippen LogP) is 3.51. The second-order valence-electron chi connectivity index (χ2n) is 5.93. The molecule has 2 rings (SSSR count). The Morgan fingerprint density at radius 2 is 2.11 bits per heavy atom. The monoisotopic (exact) mass is 505 g/mol. The van der Waals surface area contributed by atoms with Crippen molar-refractivity contribution in [3.63, 3.8) is 0 Å². The van der Waals surface area contributed by atoms with E-state index in [0.29, 0.717) is 24.6 Å². The summed E-state index contributed by atoms with van der Waals surface area (Å²) >= 11 is 0. The first-order chi connectivity index (χ1) is 12.8. The average molecular weight is 505 g/mol. The summed E-state index contributed by atoms with van der Waals surface area (Å²) in [5.41, 5.74) is 0.650. The van der Waals surface area contributed by atoms with Gasteiger partial charge in [-0.1, -0.05) is 17.9 Å². The molecule has 152 valence electrons. The summed E-state index contributed by atoms with van der Waals surface area (Å²) in [7, 11) is 3.75. The van der Waals surface area contributed by atoms with E-state index in [2.05, 4.69) is 27.2 Å². The molecule has 0 saturated carbocycles. The minimum absolute atomic E-state index is 0. The van der Waals surface area contributed by atoms with Crippen molar-refractivity contribution >= 4 is 29.9 Å². The molecule has 0 atom stereocenters. The average Bonchev–Trinajstić information content (AvgIpc) is 3.02. The summed E-state index contributed by atoms with van der Waals surface area (Å²) in [5.74, 6) is 6.20. The number of nitrogens with zero attached hydrogens (tertiary/aromatic N) is 4. The zero-order valence-electron chi connectivity index (χ0n) is 15.9. The van der Waals surface area contributed by atoms with E-state index in [1.54, 1.807) is 16.9 Å². The van der Waals surface area contributed by atoms with E-state index < -0.39 is 11.7 Å². The molecule has 1 aromatic carbocycles. The van der Waals surface area contributed by atoms with E-state index in [1.807, 2.05) is 32.1 Å². The van der Waals surface area contributed by atoms with Crippen LogP contribution in [0.1, 0.15) is 23.6 Å². The summed E-state index contributed by atoms with van der Waals surface area (Å²) in [6.07, 6.45) is -0.663. The lowest BCUT2D eigenvalue weighted by atomic mass is 10.1. The van der Waals surface area contributed by atoms with Gasteiger partial charge in [0.05, 0.1) is 11.8 Å². The molecule has 0 aliphatic rings. The fraction of sp³-hybridized carbons (Fsp3) is 0.368. The Morgan fingerprint density at radius 3 is 2.71 bits per heavy atom. The van der Waals surface area contributed by atoms with Gasteiger partial charge in [0.2, 0.25) is 0 Å². The molecule has 0 saturated heterocycles. The van der Waals surface area contributed by atoms with E-state index in [1.165, 1.54) is 6.07 Å². The lowest BCUT2D eigenvalue weighted by molar-refractivity contribution is -0.137. The summed E-state index contributed by atoms with van der Waals surface area (Å²) in [5, 5.41) is 7.30. The maximum atomic E-state index is 12.7. The fourth-order valence-corrected chi connectivity index (χ4v) is 2.40. The number of hydrogen-bond donors (Lipinski definition) is 1. The number of halogens is 4. The number of nitrogens with one attached hydrogen (secondary N) is 1. The van der Waals surface area contributed by atoms with Gasteiger partial charge in [0.1, 0.15) is 6.54 Å². The van der Waals surface area contributed by atoms with Crippen LogP contribution in [0.3, 0.4) is 0 Å². The van der Waals surface area contributed by atoms with E-state index in [9.17, 15) is 13.2 Å².